The first kappa shape index (κ1) is 10.4. The lowest BCUT2D eigenvalue weighted by molar-refractivity contribution is 0.0948. The van der Waals surface area contributed by atoms with Crippen LogP contribution in [0.15, 0.2) is 17.2 Å². The van der Waals surface area contributed by atoms with E-state index in [2.05, 4.69) is 20.6 Å². The van der Waals surface area contributed by atoms with Crippen molar-refractivity contribution in [3.63, 3.8) is 0 Å². The molecular formula is C8H12N4O2. The highest BCUT2D eigenvalue weighted by atomic mass is 16.2. The van der Waals surface area contributed by atoms with E-state index in [0.717, 1.165) is 6.20 Å². The summed E-state index contributed by atoms with van der Waals surface area (Å²) in [6, 6.07) is 0. The second-order valence-electron chi connectivity index (χ2n) is 2.66. The molecule has 6 heteroatoms. The van der Waals surface area contributed by atoms with E-state index in [1.807, 2.05) is 0 Å². The molecule has 0 unspecified atom stereocenters. The first-order valence-corrected chi connectivity index (χ1v) is 4.21. The minimum absolute atomic E-state index is 0.209. The smallest absolute Gasteiger partial charge is 0.271 e. The van der Waals surface area contributed by atoms with Crippen molar-refractivity contribution in [1.82, 2.24) is 20.6 Å². The van der Waals surface area contributed by atoms with Gasteiger partial charge >= 0.3 is 0 Å². The molecule has 0 atom stereocenters. The molecule has 1 amide bonds. The number of nitrogens with zero attached hydrogens (tertiary/aromatic N) is 1. The SMILES string of the molecule is CNCCNC(=O)c1c[nH]c(=O)cn1. The number of amides is 1. The highest BCUT2D eigenvalue weighted by molar-refractivity contribution is 5.91. The summed E-state index contributed by atoms with van der Waals surface area (Å²) in [7, 11) is 1.80. The number of carbonyl (C=O) groups is 1. The minimum Gasteiger partial charge on any atom is -0.349 e. The normalized spacial score (nSPS) is 9.79. The monoisotopic (exact) mass is 196 g/mol. The number of rotatable bonds is 4. The third kappa shape index (κ3) is 2.98. The Kier molecular flexibility index (Phi) is 3.81. The van der Waals surface area contributed by atoms with Gasteiger partial charge in [0.2, 0.25) is 0 Å². The van der Waals surface area contributed by atoms with Gasteiger partial charge < -0.3 is 15.6 Å². The first-order chi connectivity index (χ1) is 6.74. The molecule has 1 rings (SSSR count). The number of aromatic nitrogens is 2. The third-order valence-corrected chi connectivity index (χ3v) is 1.57. The van der Waals surface area contributed by atoms with Crippen molar-refractivity contribution in [2.24, 2.45) is 0 Å². The van der Waals surface area contributed by atoms with Crippen LogP contribution in [0.2, 0.25) is 0 Å². The van der Waals surface area contributed by atoms with Crippen molar-refractivity contribution in [1.29, 1.82) is 0 Å². The number of aromatic amines is 1. The molecule has 1 aromatic heterocycles. The van der Waals surface area contributed by atoms with Crippen LogP contribution in [0, 0.1) is 0 Å². The second-order valence-corrected chi connectivity index (χ2v) is 2.66. The Morgan fingerprint density at radius 1 is 1.57 bits per heavy atom. The largest absolute Gasteiger partial charge is 0.349 e. The van der Waals surface area contributed by atoms with E-state index >= 15 is 0 Å². The van der Waals surface area contributed by atoms with Gasteiger partial charge in [-0.25, -0.2) is 4.98 Å². The fraction of sp³-hybridized carbons (Fsp3) is 0.375. The lowest BCUT2D eigenvalue weighted by atomic mass is 10.4. The van der Waals surface area contributed by atoms with Gasteiger partial charge in [0.05, 0.1) is 6.20 Å². The molecule has 0 aromatic carbocycles. The van der Waals surface area contributed by atoms with Crippen LogP contribution in [0.3, 0.4) is 0 Å². The van der Waals surface area contributed by atoms with Crippen LogP contribution < -0.4 is 16.2 Å². The number of carbonyl (C=O) groups excluding carboxylic acids is 1. The fourth-order valence-electron chi connectivity index (χ4n) is 0.858. The Bertz CT molecular complexity index is 340. The average molecular weight is 196 g/mol. The number of hydrogen-bond acceptors (Lipinski definition) is 4. The van der Waals surface area contributed by atoms with E-state index < -0.39 is 0 Å². The molecule has 6 nitrogen and oxygen atoms in total. The van der Waals surface area contributed by atoms with Gasteiger partial charge in [0.1, 0.15) is 5.69 Å². The van der Waals surface area contributed by atoms with Crippen molar-refractivity contribution >= 4 is 5.91 Å². The molecule has 0 aliphatic carbocycles. The summed E-state index contributed by atoms with van der Waals surface area (Å²) in [4.78, 5) is 28.0. The third-order valence-electron chi connectivity index (χ3n) is 1.57. The maximum absolute atomic E-state index is 11.3. The molecule has 1 heterocycles. The van der Waals surface area contributed by atoms with Gasteiger partial charge in [0.25, 0.3) is 11.5 Å². The summed E-state index contributed by atoms with van der Waals surface area (Å²) >= 11 is 0. The van der Waals surface area contributed by atoms with Crippen molar-refractivity contribution in [3.05, 3.63) is 28.4 Å². The molecule has 0 saturated carbocycles. The number of hydrogen-bond donors (Lipinski definition) is 3. The predicted molar refractivity (Wildman–Crippen MR) is 51.1 cm³/mol. The number of H-pyrrole nitrogens is 1. The van der Waals surface area contributed by atoms with Crippen LogP contribution in [0.25, 0.3) is 0 Å². The molecule has 0 spiro atoms. The molecular weight excluding hydrogens is 184 g/mol. The summed E-state index contributed by atoms with van der Waals surface area (Å²) in [6.07, 6.45) is 2.37. The van der Waals surface area contributed by atoms with Gasteiger partial charge in [-0.2, -0.15) is 0 Å². The van der Waals surface area contributed by atoms with E-state index in [0.29, 0.717) is 13.1 Å². The molecule has 0 aliphatic rings. The van der Waals surface area contributed by atoms with Crippen LogP contribution in [0.5, 0.6) is 0 Å². The van der Waals surface area contributed by atoms with E-state index in [-0.39, 0.29) is 17.2 Å². The van der Waals surface area contributed by atoms with E-state index in [1.165, 1.54) is 6.20 Å². The quantitative estimate of drug-likeness (QED) is 0.523. The first-order valence-electron chi connectivity index (χ1n) is 4.21. The Labute approximate surface area is 80.8 Å². The molecule has 0 aliphatic heterocycles. The maximum Gasteiger partial charge on any atom is 0.271 e. The summed E-state index contributed by atoms with van der Waals surface area (Å²) in [5, 5.41) is 5.52. The second kappa shape index (κ2) is 5.13. The Hall–Kier alpha value is -1.69. The average Bonchev–Trinajstić information content (AvgIpc) is 2.19. The van der Waals surface area contributed by atoms with E-state index in [9.17, 15) is 9.59 Å². The Morgan fingerprint density at radius 3 is 2.93 bits per heavy atom. The Balaban J connectivity index is 2.52. The van der Waals surface area contributed by atoms with Crippen LogP contribution >= 0.6 is 0 Å². The highest BCUT2D eigenvalue weighted by Crippen LogP contribution is 1.86. The van der Waals surface area contributed by atoms with Crippen LogP contribution in [0.4, 0.5) is 0 Å². The summed E-state index contributed by atoms with van der Waals surface area (Å²) in [5.74, 6) is -0.295. The Morgan fingerprint density at radius 2 is 2.36 bits per heavy atom. The minimum atomic E-state index is -0.322. The molecule has 1 aromatic rings. The van der Waals surface area contributed by atoms with Crippen molar-refractivity contribution in [2.75, 3.05) is 20.1 Å². The molecule has 0 radical (unpaired) electrons. The fourth-order valence-corrected chi connectivity index (χ4v) is 0.858. The summed E-state index contributed by atoms with van der Waals surface area (Å²) in [6.45, 7) is 1.21. The van der Waals surface area contributed by atoms with E-state index in [1.54, 1.807) is 7.05 Å². The molecule has 0 saturated heterocycles. The van der Waals surface area contributed by atoms with Gasteiger partial charge in [-0.1, -0.05) is 0 Å². The topological polar surface area (TPSA) is 86.9 Å². The van der Waals surface area contributed by atoms with Crippen molar-refractivity contribution in [3.8, 4) is 0 Å². The van der Waals surface area contributed by atoms with Gasteiger partial charge in [0.15, 0.2) is 0 Å². The molecule has 0 bridgehead atoms. The molecule has 14 heavy (non-hydrogen) atoms. The van der Waals surface area contributed by atoms with Crippen LogP contribution in [0.1, 0.15) is 10.5 Å². The lowest BCUT2D eigenvalue weighted by Gasteiger charge is -2.02. The molecule has 76 valence electrons. The van der Waals surface area contributed by atoms with Crippen molar-refractivity contribution in [2.45, 2.75) is 0 Å². The van der Waals surface area contributed by atoms with Gasteiger partial charge in [0, 0.05) is 19.3 Å². The van der Waals surface area contributed by atoms with Gasteiger partial charge in [-0.05, 0) is 7.05 Å². The van der Waals surface area contributed by atoms with Gasteiger partial charge in [-0.15, -0.1) is 0 Å². The van der Waals surface area contributed by atoms with Crippen LogP contribution in [-0.2, 0) is 0 Å². The molecule has 3 N–H and O–H groups in total. The lowest BCUT2D eigenvalue weighted by Crippen LogP contribution is -2.31. The molecule has 0 fully saturated rings. The predicted octanol–water partition coefficient (Wildman–Crippen LogP) is -1.28. The standard InChI is InChI=1S/C8H12N4O2/c1-9-2-3-10-8(14)6-4-12-7(13)5-11-6/h4-5,9H,2-3H2,1H3,(H,10,14)(H,12,13). The van der Waals surface area contributed by atoms with Crippen LogP contribution in [-0.4, -0.2) is 36.0 Å². The van der Waals surface area contributed by atoms with E-state index in [4.69, 9.17) is 0 Å². The zero-order valence-corrected chi connectivity index (χ0v) is 7.83. The van der Waals surface area contributed by atoms with Crippen molar-refractivity contribution < 1.29 is 4.79 Å². The summed E-state index contributed by atoms with van der Waals surface area (Å²) in [5.41, 5.74) is -0.113. The number of nitrogens with one attached hydrogen (secondary N) is 3. The highest BCUT2D eigenvalue weighted by Gasteiger charge is 2.04. The zero-order chi connectivity index (χ0) is 10.4. The zero-order valence-electron chi connectivity index (χ0n) is 7.83. The maximum atomic E-state index is 11.3. The van der Waals surface area contributed by atoms with Gasteiger partial charge in [-0.3, -0.25) is 9.59 Å². The summed E-state index contributed by atoms with van der Waals surface area (Å²) < 4.78 is 0. The number of likely N-dealkylation sites (N-methyl/N-ethyl adjacent to an activating group) is 1.